The van der Waals surface area contributed by atoms with E-state index in [9.17, 15) is 0 Å². The van der Waals surface area contributed by atoms with E-state index >= 15 is 0 Å². The predicted molar refractivity (Wildman–Crippen MR) is 80.2 cm³/mol. The highest BCUT2D eigenvalue weighted by Gasteiger charge is 2.26. The van der Waals surface area contributed by atoms with Crippen LogP contribution >= 0.6 is 23.5 Å². The van der Waals surface area contributed by atoms with Gasteiger partial charge in [-0.05, 0) is 25.4 Å². The molecule has 1 aromatic rings. The molecule has 0 radical (unpaired) electrons. The number of nitrogens with one attached hydrogen (secondary N) is 2. The van der Waals surface area contributed by atoms with E-state index in [0.29, 0.717) is 17.1 Å². The van der Waals surface area contributed by atoms with Gasteiger partial charge in [0, 0.05) is 17.4 Å². The number of hydrogen-bond donors (Lipinski definition) is 3. The minimum Gasteiger partial charge on any atom is -0.366 e. The van der Waals surface area contributed by atoms with Crippen LogP contribution in [0, 0.1) is 0 Å². The van der Waals surface area contributed by atoms with E-state index in [0.717, 1.165) is 11.0 Å². The second-order valence-electron chi connectivity index (χ2n) is 4.23. The smallest absolute Gasteiger partial charge is 0.191 e. The molecular formula is C11H19N5S2. The quantitative estimate of drug-likeness (QED) is 0.331. The minimum atomic E-state index is 0.496. The average Bonchev–Trinajstić information content (AvgIpc) is 2.85. The first-order valence-corrected chi connectivity index (χ1v) is 8.47. The minimum absolute atomic E-state index is 0.496. The van der Waals surface area contributed by atoms with Gasteiger partial charge in [-0.1, -0.05) is 18.2 Å². The number of hydrazine groups is 1. The Bertz CT molecular complexity index is 379. The first-order chi connectivity index (χ1) is 8.76. The molecule has 18 heavy (non-hydrogen) atoms. The van der Waals surface area contributed by atoms with Crippen molar-refractivity contribution in [2.45, 2.75) is 35.7 Å². The molecule has 0 bridgehead atoms. The van der Waals surface area contributed by atoms with Crippen molar-refractivity contribution in [1.29, 1.82) is 0 Å². The van der Waals surface area contributed by atoms with Crippen molar-refractivity contribution < 1.29 is 0 Å². The monoisotopic (exact) mass is 285 g/mol. The molecule has 5 nitrogen and oxygen atoms in total. The van der Waals surface area contributed by atoms with Gasteiger partial charge in [0.1, 0.15) is 11.6 Å². The maximum atomic E-state index is 5.42. The Balaban J connectivity index is 2.12. The van der Waals surface area contributed by atoms with Crippen LogP contribution in [0.15, 0.2) is 11.2 Å². The standard InChI is InChI=1S/C11H19N5S2/c1-17-8-5-3-4-7(8)13-9-6-10(16-12)15-11(14-9)18-2/h6-8H,3-5,12H2,1-2H3,(H2,13,14,15,16). The number of nitrogens with zero attached hydrogens (tertiary/aromatic N) is 2. The number of hydrogen-bond acceptors (Lipinski definition) is 7. The molecule has 0 spiro atoms. The fourth-order valence-corrected chi connectivity index (χ4v) is 3.54. The molecule has 1 aliphatic rings. The van der Waals surface area contributed by atoms with Crippen molar-refractivity contribution in [3.8, 4) is 0 Å². The Labute approximate surface area is 116 Å². The first-order valence-electron chi connectivity index (χ1n) is 5.96. The summed E-state index contributed by atoms with van der Waals surface area (Å²) < 4.78 is 0. The second kappa shape index (κ2) is 6.49. The summed E-state index contributed by atoms with van der Waals surface area (Å²) in [5.41, 5.74) is 2.58. The van der Waals surface area contributed by atoms with Gasteiger partial charge in [-0.3, -0.25) is 0 Å². The molecule has 1 heterocycles. The third-order valence-electron chi connectivity index (χ3n) is 3.12. The Morgan fingerprint density at radius 1 is 1.28 bits per heavy atom. The van der Waals surface area contributed by atoms with Crippen molar-refractivity contribution in [3.63, 3.8) is 0 Å². The zero-order valence-corrected chi connectivity index (χ0v) is 12.3. The zero-order valence-electron chi connectivity index (χ0n) is 10.6. The van der Waals surface area contributed by atoms with Crippen LogP contribution < -0.4 is 16.6 Å². The molecule has 2 rings (SSSR count). The number of aromatic nitrogens is 2. The van der Waals surface area contributed by atoms with Gasteiger partial charge in [-0.2, -0.15) is 11.8 Å². The van der Waals surface area contributed by atoms with Gasteiger partial charge in [0.05, 0.1) is 0 Å². The predicted octanol–water partition coefficient (Wildman–Crippen LogP) is 2.18. The van der Waals surface area contributed by atoms with Gasteiger partial charge in [0.25, 0.3) is 0 Å². The largest absolute Gasteiger partial charge is 0.366 e. The fraction of sp³-hybridized carbons (Fsp3) is 0.636. The van der Waals surface area contributed by atoms with Gasteiger partial charge >= 0.3 is 0 Å². The lowest BCUT2D eigenvalue weighted by atomic mass is 10.2. The SMILES string of the molecule is CSc1nc(NN)cc(NC2CCCC2SC)n1. The van der Waals surface area contributed by atoms with Crippen molar-refractivity contribution in [2.24, 2.45) is 5.84 Å². The molecule has 4 N–H and O–H groups in total. The summed E-state index contributed by atoms with van der Waals surface area (Å²) in [6, 6.07) is 2.35. The molecule has 100 valence electrons. The summed E-state index contributed by atoms with van der Waals surface area (Å²) >= 11 is 3.44. The summed E-state index contributed by atoms with van der Waals surface area (Å²) in [5.74, 6) is 6.93. The van der Waals surface area contributed by atoms with Crippen LogP contribution in [0.2, 0.25) is 0 Å². The first kappa shape index (κ1) is 13.8. The van der Waals surface area contributed by atoms with Crippen LogP contribution in [-0.4, -0.2) is 33.8 Å². The van der Waals surface area contributed by atoms with Gasteiger partial charge in [0.2, 0.25) is 0 Å². The molecule has 1 aromatic heterocycles. The normalized spacial score (nSPS) is 23.1. The topological polar surface area (TPSA) is 75.9 Å². The molecule has 1 fully saturated rings. The van der Waals surface area contributed by atoms with Gasteiger partial charge in [-0.15, -0.1) is 0 Å². The number of nitrogens with two attached hydrogens (primary N) is 1. The van der Waals surface area contributed by atoms with E-state index in [1.165, 1.54) is 31.0 Å². The maximum Gasteiger partial charge on any atom is 0.191 e. The number of thioether (sulfide) groups is 2. The van der Waals surface area contributed by atoms with Gasteiger partial charge in [-0.25, -0.2) is 15.8 Å². The molecule has 0 amide bonds. The van der Waals surface area contributed by atoms with Crippen LogP contribution in [0.4, 0.5) is 11.6 Å². The second-order valence-corrected chi connectivity index (χ2v) is 6.08. The molecule has 0 aromatic carbocycles. The summed E-state index contributed by atoms with van der Waals surface area (Å²) in [6.07, 6.45) is 7.90. The summed E-state index contributed by atoms with van der Waals surface area (Å²) in [4.78, 5) is 8.72. The van der Waals surface area contributed by atoms with Crippen LogP contribution in [0.1, 0.15) is 19.3 Å². The summed E-state index contributed by atoms with van der Waals surface area (Å²) in [7, 11) is 0. The molecule has 0 saturated heterocycles. The maximum absolute atomic E-state index is 5.42. The zero-order chi connectivity index (χ0) is 13.0. The molecule has 1 saturated carbocycles. The summed E-state index contributed by atoms with van der Waals surface area (Å²) in [6.45, 7) is 0. The highest BCUT2D eigenvalue weighted by atomic mass is 32.2. The third-order valence-corrected chi connectivity index (χ3v) is 4.84. The lowest BCUT2D eigenvalue weighted by Gasteiger charge is -2.20. The van der Waals surface area contributed by atoms with Gasteiger partial charge < -0.3 is 10.7 Å². The van der Waals surface area contributed by atoms with Crippen molar-refractivity contribution in [2.75, 3.05) is 23.3 Å². The molecule has 2 unspecified atom stereocenters. The van der Waals surface area contributed by atoms with Crippen LogP contribution in [-0.2, 0) is 0 Å². The molecule has 1 aliphatic carbocycles. The van der Waals surface area contributed by atoms with Crippen LogP contribution in [0.25, 0.3) is 0 Å². The molecule has 0 aliphatic heterocycles. The third kappa shape index (κ3) is 3.21. The summed E-state index contributed by atoms with van der Waals surface area (Å²) in [5, 5.41) is 4.91. The average molecular weight is 285 g/mol. The number of rotatable bonds is 5. The Kier molecular flexibility index (Phi) is 4.96. The number of anilines is 2. The van der Waals surface area contributed by atoms with Gasteiger partial charge in [0.15, 0.2) is 5.16 Å². The van der Waals surface area contributed by atoms with Crippen LogP contribution in [0.5, 0.6) is 0 Å². The number of nitrogen functional groups attached to an aromatic ring is 1. The van der Waals surface area contributed by atoms with E-state index in [1.807, 2.05) is 24.1 Å². The van der Waals surface area contributed by atoms with E-state index in [2.05, 4.69) is 27.0 Å². The van der Waals surface area contributed by atoms with Crippen molar-refractivity contribution >= 4 is 35.2 Å². The molecular weight excluding hydrogens is 266 g/mol. The van der Waals surface area contributed by atoms with E-state index < -0.39 is 0 Å². The van der Waals surface area contributed by atoms with E-state index in [1.54, 1.807) is 0 Å². The highest BCUT2D eigenvalue weighted by molar-refractivity contribution is 7.99. The highest BCUT2D eigenvalue weighted by Crippen LogP contribution is 2.31. The van der Waals surface area contributed by atoms with E-state index in [-0.39, 0.29) is 0 Å². The van der Waals surface area contributed by atoms with E-state index in [4.69, 9.17) is 5.84 Å². The van der Waals surface area contributed by atoms with Crippen molar-refractivity contribution in [3.05, 3.63) is 6.07 Å². The lowest BCUT2D eigenvalue weighted by Crippen LogP contribution is -2.26. The molecule has 7 heteroatoms. The lowest BCUT2D eigenvalue weighted by molar-refractivity contribution is 0.758. The Morgan fingerprint density at radius 3 is 2.72 bits per heavy atom. The molecule has 2 atom stereocenters. The van der Waals surface area contributed by atoms with Crippen molar-refractivity contribution in [1.82, 2.24) is 9.97 Å². The Morgan fingerprint density at radius 2 is 2.06 bits per heavy atom. The Hall–Kier alpha value is -0.660. The van der Waals surface area contributed by atoms with Crippen LogP contribution in [0.3, 0.4) is 0 Å². The fourth-order valence-electron chi connectivity index (χ4n) is 2.23.